The molecule has 0 atom stereocenters. The number of pyridine rings is 1. The van der Waals surface area contributed by atoms with Gasteiger partial charge in [-0.2, -0.15) is 0 Å². The van der Waals surface area contributed by atoms with E-state index in [9.17, 15) is 4.79 Å². The predicted octanol–water partition coefficient (Wildman–Crippen LogP) is 3.40. The van der Waals surface area contributed by atoms with Gasteiger partial charge in [-0.25, -0.2) is 4.79 Å². The lowest BCUT2D eigenvalue weighted by molar-refractivity contribution is 0.240. The molecule has 0 radical (unpaired) electrons. The van der Waals surface area contributed by atoms with Crippen LogP contribution in [0.3, 0.4) is 0 Å². The highest BCUT2D eigenvalue weighted by atomic mass is 32.1. The predicted molar refractivity (Wildman–Crippen MR) is 85.3 cm³/mol. The summed E-state index contributed by atoms with van der Waals surface area (Å²) in [5, 5.41) is 7.64. The van der Waals surface area contributed by atoms with E-state index in [0.29, 0.717) is 13.1 Å². The van der Waals surface area contributed by atoms with Crippen LogP contribution in [0.2, 0.25) is 0 Å². The van der Waals surface area contributed by atoms with Crippen LogP contribution in [0.25, 0.3) is 11.1 Å². The van der Waals surface area contributed by atoms with Crippen LogP contribution in [-0.2, 0) is 13.1 Å². The molecule has 3 rings (SSSR count). The fourth-order valence-electron chi connectivity index (χ4n) is 2.00. The third-order valence-corrected chi connectivity index (χ3v) is 3.98. The monoisotopic (exact) mass is 313 g/mol. The normalized spacial score (nSPS) is 10.4. The Labute approximate surface area is 132 Å². The van der Waals surface area contributed by atoms with Gasteiger partial charge < -0.3 is 15.1 Å². The topological polar surface area (TPSA) is 67.2 Å². The second kappa shape index (κ2) is 6.91. The SMILES string of the molecule is O=C(NCc1cncc(-c2ccoc2)c1)NCc1cccs1. The number of thiophene rings is 1. The summed E-state index contributed by atoms with van der Waals surface area (Å²) in [4.78, 5) is 17.1. The quantitative estimate of drug-likeness (QED) is 0.758. The summed E-state index contributed by atoms with van der Waals surface area (Å²) < 4.78 is 5.07. The Morgan fingerprint density at radius 2 is 2.09 bits per heavy atom. The second-order valence-electron chi connectivity index (χ2n) is 4.71. The number of amides is 2. The molecule has 0 bridgehead atoms. The van der Waals surface area contributed by atoms with Crippen molar-refractivity contribution in [2.75, 3.05) is 0 Å². The molecule has 0 unspecified atom stereocenters. The van der Waals surface area contributed by atoms with Crippen molar-refractivity contribution in [3.05, 3.63) is 65.0 Å². The van der Waals surface area contributed by atoms with Crippen LogP contribution in [-0.4, -0.2) is 11.0 Å². The molecule has 0 aliphatic rings. The van der Waals surface area contributed by atoms with E-state index >= 15 is 0 Å². The molecule has 0 aromatic carbocycles. The number of carbonyl (C=O) groups excluding carboxylic acids is 1. The van der Waals surface area contributed by atoms with Crippen LogP contribution < -0.4 is 10.6 Å². The fourth-order valence-corrected chi connectivity index (χ4v) is 2.64. The van der Waals surface area contributed by atoms with Gasteiger partial charge in [0.25, 0.3) is 0 Å². The summed E-state index contributed by atoms with van der Waals surface area (Å²) in [6, 6.07) is 7.62. The van der Waals surface area contributed by atoms with Crippen molar-refractivity contribution in [1.29, 1.82) is 0 Å². The number of carbonyl (C=O) groups is 1. The number of nitrogens with zero attached hydrogens (tertiary/aromatic N) is 1. The van der Waals surface area contributed by atoms with Gasteiger partial charge in [-0.3, -0.25) is 4.98 Å². The molecular formula is C16H15N3O2S. The molecule has 0 aliphatic carbocycles. The van der Waals surface area contributed by atoms with E-state index < -0.39 is 0 Å². The number of furan rings is 1. The Hall–Kier alpha value is -2.60. The molecule has 5 nitrogen and oxygen atoms in total. The molecule has 2 amide bonds. The molecule has 0 fully saturated rings. The van der Waals surface area contributed by atoms with Crippen LogP contribution in [0.15, 0.2) is 59.0 Å². The van der Waals surface area contributed by atoms with E-state index in [1.165, 1.54) is 0 Å². The molecule has 22 heavy (non-hydrogen) atoms. The Balaban J connectivity index is 1.53. The zero-order chi connectivity index (χ0) is 15.2. The van der Waals surface area contributed by atoms with Gasteiger partial charge in [-0.05, 0) is 29.1 Å². The maximum Gasteiger partial charge on any atom is 0.315 e. The molecule has 2 N–H and O–H groups in total. The summed E-state index contributed by atoms with van der Waals surface area (Å²) in [5.74, 6) is 0. The minimum absolute atomic E-state index is 0.192. The molecule has 3 aromatic heterocycles. The Kier molecular flexibility index (Phi) is 4.50. The summed E-state index contributed by atoms with van der Waals surface area (Å²) in [6.07, 6.45) is 6.80. The lowest BCUT2D eigenvalue weighted by Gasteiger charge is -2.07. The average molecular weight is 313 g/mol. The molecular weight excluding hydrogens is 298 g/mol. The first kappa shape index (κ1) is 14.3. The lowest BCUT2D eigenvalue weighted by atomic mass is 10.1. The Bertz CT molecular complexity index is 724. The van der Waals surface area contributed by atoms with Gasteiger partial charge in [0.15, 0.2) is 0 Å². The zero-order valence-electron chi connectivity index (χ0n) is 11.8. The molecule has 112 valence electrons. The van der Waals surface area contributed by atoms with Crippen LogP contribution in [0, 0.1) is 0 Å². The first-order chi connectivity index (χ1) is 10.8. The number of hydrogen-bond acceptors (Lipinski definition) is 4. The van der Waals surface area contributed by atoms with E-state index in [-0.39, 0.29) is 6.03 Å². The van der Waals surface area contributed by atoms with Crippen molar-refractivity contribution in [1.82, 2.24) is 15.6 Å². The van der Waals surface area contributed by atoms with E-state index in [1.54, 1.807) is 36.3 Å². The van der Waals surface area contributed by atoms with E-state index in [2.05, 4.69) is 15.6 Å². The largest absolute Gasteiger partial charge is 0.472 e. The smallest absolute Gasteiger partial charge is 0.315 e. The zero-order valence-corrected chi connectivity index (χ0v) is 12.6. The average Bonchev–Trinajstić information content (AvgIpc) is 3.24. The van der Waals surface area contributed by atoms with Gasteiger partial charge in [-0.15, -0.1) is 11.3 Å². The molecule has 0 saturated carbocycles. The van der Waals surface area contributed by atoms with Gasteiger partial charge >= 0.3 is 6.03 Å². The second-order valence-corrected chi connectivity index (χ2v) is 5.74. The van der Waals surface area contributed by atoms with Gasteiger partial charge in [0.2, 0.25) is 0 Å². The van der Waals surface area contributed by atoms with Crippen molar-refractivity contribution >= 4 is 17.4 Å². The maximum atomic E-state index is 11.8. The molecule has 0 saturated heterocycles. The lowest BCUT2D eigenvalue weighted by Crippen LogP contribution is -2.34. The van der Waals surface area contributed by atoms with Crippen LogP contribution >= 0.6 is 11.3 Å². The third kappa shape index (κ3) is 3.73. The van der Waals surface area contributed by atoms with Crippen molar-refractivity contribution in [2.45, 2.75) is 13.1 Å². The number of nitrogens with one attached hydrogen (secondary N) is 2. The third-order valence-electron chi connectivity index (χ3n) is 3.11. The first-order valence-electron chi connectivity index (χ1n) is 6.82. The number of aromatic nitrogens is 1. The number of hydrogen-bond donors (Lipinski definition) is 2. The van der Waals surface area contributed by atoms with Crippen LogP contribution in [0.4, 0.5) is 4.79 Å². The van der Waals surface area contributed by atoms with E-state index in [1.807, 2.05) is 29.6 Å². The highest BCUT2D eigenvalue weighted by molar-refractivity contribution is 7.09. The molecule has 3 aromatic rings. The van der Waals surface area contributed by atoms with Gasteiger partial charge in [-0.1, -0.05) is 6.07 Å². The Morgan fingerprint density at radius 1 is 1.18 bits per heavy atom. The summed E-state index contributed by atoms with van der Waals surface area (Å²) in [5.41, 5.74) is 2.87. The summed E-state index contributed by atoms with van der Waals surface area (Å²) in [6.45, 7) is 0.964. The molecule has 6 heteroatoms. The number of urea groups is 1. The summed E-state index contributed by atoms with van der Waals surface area (Å²) in [7, 11) is 0. The minimum Gasteiger partial charge on any atom is -0.472 e. The van der Waals surface area contributed by atoms with Crippen molar-refractivity contribution in [3.8, 4) is 11.1 Å². The van der Waals surface area contributed by atoms with E-state index in [0.717, 1.165) is 21.6 Å². The van der Waals surface area contributed by atoms with Crippen molar-refractivity contribution < 1.29 is 9.21 Å². The Morgan fingerprint density at radius 3 is 2.86 bits per heavy atom. The highest BCUT2D eigenvalue weighted by Crippen LogP contribution is 2.19. The molecule has 0 spiro atoms. The van der Waals surface area contributed by atoms with Crippen LogP contribution in [0.5, 0.6) is 0 Å². The molecule has 3 heterocycles. The van der Waals surface area contributed by atoms with Gasteiger partial charge in [0.05, 0.1) is 19.1 Å². The van der Waals surface area contributed by atoms with Crippen molar-refractivity contribution in [2.24, 2.45) is 0 Å². The highest BCUT2D eigenvalue weighted by Gasteiger charge is 2.04. The van der Waals surface area contributed by atoms with Gasteiger partial charge in [0, 0.05) is 34.9 Å². The minimum atomic E-state index is -0.192. The first-order valence-corrected chi connectivity index (χ1v) is 7.70. The van der Waals surface area contributed by atoms with E-state index in [4.69, 9.17) is 4.42 Å². The van der Waals surface area contributed by atoms with Gasteiger partial charge in [0.1, 0.15) is 0 Å². The molecule has 0 aliphatic heterocycles. The summed E-state index contributed by atoms with van der Waals surface area (Å²) >= 11 is 1.62. The van der Waals surface area contributed by atoms with Crippen LogP contribution in [0.1, 0.15) is 10.4 Å². The standard InChI is InChI=1S/C16H15N3O2S/c20-16(19-10-15-2-1-5-22-15)18-8-12-6-14(9-17-7-12)13-3-4-21-11-13/h1-7,9,11H,8,10H2,(H2,18,19,20). The van der Waals surface area contributed by atoms with Crippen molar-refractivity contribution in [3.63, 3.8) is 0 Å². The fraction of sp³-hybridized carbons (Fsp3) is 0.125. The maximum absolute atomic E-state index is 11.8. The number of rotatable bonds is 5.